The van der Waals surface area contributed by atoms with E-state index in [4.69, 9.17) is 4.74 Å². The molecule has 0 saturated heterocycles. The van der Waals surface area contributed by atoms with Crippen molar-refractivity contribution in [2.24, 2.45) is 0 Å². The van der Waals surface area contributed by atoms with Gasteiger partial charge in [0.2, 0.25) is 0 Å². The van der Waals surface area contributed by atoms with Gasteiger partial charge in [0, 0.05) is 31.0 Å². The molecule has 0 amide bonds. The number of fused-ring (bicyclic) bond motifs is 1. The van der Waals surface area contributed by atoms with Gasteiger partial charge in [-0.1, -0.05) is 6.07 Å². The third-order valence-corrected chi connectivity index (χ3v) is 3.61. The fourth-order valence-corrected chi connectivity index (χ4v) is 2.80. The number of nitrogens with one attached hydrogen (secondary N) is 1. The zero-order valence-electron chi connectivity index (χ0n) is 10.2. The smallest absolute Gasteiger partial charge is 0.129 e. The van der Waals surface area contributed by atoms with Gasteiger partial charge >= 0.3 is 0 Å². The molecule has 0 bridgehead atoms. The van der Waals surface area contributed by atoms with Crippen LogP contribution >= 0.6 is 0 Å². The Hall–Kier alpha value is -1.68. The van der Waals surface area contributed by atoms with E-state index in [0.29, 0.717) is 12.2 Å². The first-order chi connectivity index (χ1) is 8.81. The predicted octanol–water partition coefficient (Wildman–Crippen LogP) is 2.77. The average Bonchev–Trinajstić information content (AvgIpc) is 3.00. The first-order valence-electron chi connectivity index (χ1n) is 6.09. The van der Waals surface area contributed by atoms with Crippen molar-refractivity contribution in [1.29, 1.82) is 0 Å². The Morgan fingerprint density at radius 2 is 2.39 bits per heavy atom. The van der Waals surface area contributed by atoms with Crippen LogP contribution in [0.5, 0.6) is 0 Å². The highest BCUT2D eigenvalue weighted by molar-refractivity contribution is 5.44. The van der Waals surface area contributed by atoms with Crippen molar-refractivity contribution in [1.82, 2.24) is 9.97 Å². The van der Waals surface area contributed by atoms with Gasteiger partial charge in [-0.25, -0.2) is 9.37 Å². The standard InChI is InChI=1S/C14H15FN2O/c1-18-8-12-10-2-3-11(14-16-6-7-17-14)9(10)4-5-13(12)15/h4-7,11H,2-3,8H2,1H3,(H,16,17)/t11-/m1/s1. The summed E-state index contributed by atoms with van der Waals surface area (Å²) in [7, 11) is 1.60. The lowest BCUT2D eigenvalue weighted by atomic mass is 9.98. The number of methoxy groups -OCH3 is 1. The van der Waals surface area contributed by atoms with Gasteiger partial charge < -0.3 is 9.72 Å². The van der Waals surface area contributed by atoms with Crippen molar-refractivity contribution < 1.29 is 9.13 Å². The van der Waals surface area contributed by atoms with Crippen LogP contribution in [-0.2, 0) is 17.8 Å². The van der Waals surface area contributed by atoms with Gasteiger partial charge in [-0.05, 0) is 30.0 Å². The number of rotatable bonds is 3. The van der Waals surface area contributed by atoms with E-state index >= 15 is 0 Å². The molecule has 0 aliphatic heterocycles. The van der Waals surface area contributed by atoms with E-state index in [9.17, 15) is 4.39 Å². The van der Waals surface area contributed by atoms with Crippen molar-refractivity contribution >= 4 is 0 Å². The monoisotopic (exact) mass is 246 g/mol. The van der Waals surface area contributed by atoms with Crippen LogP contribution < -0.4 is 0 Å². The second kappa shape index (κ2) is 4.53. The SMILES string of the molecule is COCc1c(F)ccc2c1CC[C@H]2c1ncc[nH]1. The second-order valence-electron chi connectivity index (χ2n) is 4.59. The molecule has 4 heteroatoms. The summed E-state index contributed by atoms with van der Waals surface area (Å²) < 4.78 is 18.9. The lowest BCUT2D eigenvalue weighted by Gasteiger charge is -2.11. The molecule has 94 valence electrons. The van der Waals surface area contributed by atoms with Gasteiger partial charge in [0.25, 0.3) is 0 Å². The molecule has 0 fully saturated rings. The Morgan fingerprint density at radius 3 is 3.11 bits per heavy atom. The van der Waals surface area contributed by atoms with Crippen molar-refractivity contribution in [3.05, 3.63) is 52.9 Å². The van der Waals surface area contributed by atoms with E-state index in [-0.39, 0.29) is 11.7 Å². The van der Waals surface area contributed by atoms with Crippen LogP contribution in [0.2, 0.25) is 0 Å². The summed E-state index contributed by atoms with van der Waals surface area (Å²) in [6, 6.07) is 3.42. The van der Waals surface area contributed by atoms with Gasteiger partial charge in [-0.3, -0.25) is 0 Å². The van der Waals surface area contributed by atoms with E-state index in [0.717, 1.165) is 24.2 Å². The summed E-state index contributed by atoms with van der Waals surface area (Å²) in [5, 5.41) is 0. The number of aromatic nitrogens is 2. The number of imidazole rings is 1. The Kier molecular flexibility index (Phi) is 2.88. The van der Waals surface area contributed by atoms with Crippen LogP contribution in [0.1, 0.15) is 34.9 Å². The highest BCUT2D eigenvalue weighted by atomic mass is 19.1. The minimum Gasteiger partial charge on any atom is -0.380 e. The van der Waals surface area contributed by atoms with Crippen molar-refractivity contribution in [3.8, 4) is 0 Å². The average molecular weight is 246 g/mol. The number of hydrogen-bond acceptors (Lipinski definition) is 2. The zero-order valence-corrected chi connectivity index (χ0v) is 10.2. The Morgan fingerprint density at radius 1 is 1.50 bits per heavy atom. The maximum Gasteiger partial charge on any atom is 0.129 e. The van der Waals surface area contributed by atoms with Gasteiger partial charge in [-0.2, -0.15) is 0 Å². The third-order valence-electron chi connectivity index (χ3n) is 3.61. The molecule has 1 aliphatic rings. The summed E-state index contributed by atoms with van der Waals surface area (Å²) in [4.78, 5) is 7.46. The van der Waals surface area contributed by atoms with Crippen LogP contribution in [0.15, 0.2) is 24.5 Å². The predicted molar refractivity (Wildman–Crippen MR) is 65.9 cm³/mol. The van der Waals surface area contributed by atoms with Crippen molar-refractivity contribution in [2.45, 2.75) is 25.4 Å². The highest BCUT2D eigenvalue weighted by Gasteiger charge is 2.28. The van der Waals surface area contributed by atoms with Crippen LogP contribution in [0.25, 0.3) is 0 Å². The molecule has 0 saturated carbocycles. The quantitative estimate of drug-likeness (QED) is 0.904. The number of benzene rings is 1. The molecular formula is C14H15FN2O. The molecule has 1 atom stereocenters. The van der Waals surface area contributed by atoms with Crippen LogP contribution in [0.3, 0.4) is 0 Å². The minimum absolute atomic E-state index is 0.171. The van der Waals surface area contributed by atoms with E-state index in [2.05, 4.69) is 9.97 Å². The molecule has 2 aromatic rings. The molecule has 3 nitrogen and oxygen atoms in total. The molecular weight excluding hydrogens is 231 g/mol. The van der Waals surface area contributed by atoms with Gasteiger partial charge in [0.1, 0.15) is 11.6 Å². The summed E-state index contributed by atoms with van der Waals surface area (Å²) in [6.45, 7) is 0.333. The molecule has 1 aromatic heterocycles. The van der Waals surface area contributed by atoms with E-state index in [1.165, 1.54) is 11.6 Å². The number of halogens is 1. The van der Waals surface area contributed by atoms with E-state index in [1.54, 1.807) is 13.3 Å². The van der Waals surface area contributed by atoms with Crippen LogP contribution in [0.4, 0.5) is 4.39 Å². The first kappa shape index (κ1) is 11.4. The third kappa shape index (κ3) is 1.73. The number of H-pyrrole nitrogens is 1. The van der Waals surface area contributed by atoms with Crippen molar-refractivity contribution in [3.63, 3.8) is 0 Å². The summed E-state index contributed by atoms with van der Waals surface area (Å²) >= 11 is 0. The minimum atomic E-state index is -0.171. The zero-order chi connectivity index (χ0) is 12.5. The molecule has 1 aromatic carbocycles. The number of ether oxygens (including phenoxy) is 1. The van der Waals surface area contributed by atoms with E-state index in [1.807, 2.05) is 12.3 Å². The number of nitrogens with zero attached hydrogens (tertiary/aromatic N) is 1. The van der Waals surface area contributed by atoms with Crippen LogP contribution in [-0.4, -0.2) is 17.1 Å². The van der Waals surface area contributed by atoms with Gasteiger partial charge in [0.15, 0.2) is 0 Å². The van der Waals surface area contributed by atoms with Crippen molar-refractivity contribution in [2.75, 3.05) is 7.11 Å². The van der Waals surface area contributed by atoms with Gasteiger partial charge in [-0.15, -0.1) is 0 Å². The topological polar surface area (TPSA) is 37.9 Å². The summed E-state index contributed by atoms with van der Waals surface area (Å²) in [5.41, 5.74) is 2.97. The molecule has 0 radical (unpaired) electrons. The van der Waals surface area contributed by atoms with Crippen LogP contribution in [0, 0.1) is 5.82 Å². The Labute approximate surface area is 105 Å². The van der Waals surface area contributed by atoms with Gasteiger partial charge in [0.05, 0.1) is 6.61 Å². The Balaban J connectivity index is 2.05. The highest BCUT2D eigenvalue weighted by Crippen LogP contribution is 2.39. The second-order valence-corrected chi connectivity index (χ2v) is 4.59. The fraction of sp³-hybridized carbons (Fsp3) is 0.357. The number of hydrogen-bond donors (Lipinski definition) is 1. The maximum absolute atomic E-state index is 13.8. The lowest BCUT2D eigenvalue weighted by Crippen LogP contribution is -2.02. The Bertz CT molecular complexity index is 551. The van der Waals surface area contributed by atoms with E-state index < -0.39 is 0 Å². The molecule has 18 heavy (non-hydrogen) atoms. The molecule has 1 N–H and O–H groups in total. The fourth-order valence-electron chi connectivity index (χ4n) is 2.80. The normalized spacial score (nSPS) is 18.0. The number of aromatic amines is 1. The molecule has 1 heterocycles. The maximum atomic E-state index is 13.8. The molecule has 3 rings (SSSR count). The largest absolute Gasteiger partial charge is 0.380 e. The molecule has 0 unspecified atom stereocenters. The first-order valence-corrected chi connectivity index (χ1v) is 6.09. The summed E-state index contributed by atoms with van der Waals surface area (Å²) in [5.74, 6) is 1.05. The molecule has 1 aliphatic carbocycles. The molecule has 0 spiro atoms. The lowest BCUT2D eigenvalue weighted by molar-refractivity contribution is 0.180. The summed E-state index contributed by atoms with van der Waals surface area (Å²) in [6.07, 6.45) is 5.44.